The van der Waals surface area contributed by atoms with E-state index in [1.807, 2.05) is 0 Å². The molecule has 2 rings (SSSR count). The molecule has 1 saturated carbocycles. The Balaban J connectivity index is 1.47. The average Bonchev–Trinajstić information content (AvgIpc) is 2.51. The van der Waals surface area contributed by atoms with Crippen molar-refractivity contribution < 1.29 is 9.90 Å². The van der Waals surface area contributed by atoms with Gasteiger partial charge in [0, 0.05) is 13.1 Å². The van der Waals surface area contributed by atoms with Gasteiger partial charge in [0.05, 0.1) is 6.10 Å². The predicted molar refractivity (Wildman–Crippen MR) is 88.8 cm³/mol. The van der Waals surface area contributed by atoms with Gasteiger partial charge in [-0.15, -0.1) is 0 Å². The Kier molecular flexibility index (Phi) is 7.46. The minimum atomic E-state index is -0.170. The summed E-state index contributed by atoms with van der Waals surface area (Å²) in [6.45, 7) is 7.25. The molecule has 5 heteroatoms. The van der Waals surface area contributed by atoms with E-state index in [2.05, 4.69) is 22.5 Å². The van der Waals surface area contributed by atoms with Gasteiger partial charge in [0.2, 0.25) is 0 Å². The van der Waals surface area contributed by atoms with Gasteiger partial charge < -0.3 is 20.6 Å². The summed E-state index contributed by atoms with van der Waals surface area (Å²) in [6.07, 6.45) is 7.39. The summed E-state index contributed by atoms with van der Waals surface area (Å²) in [4.78, 5) is 14.3. The molecule has 2 aliphatic rings. The molecule has 2 atom stereocenters. The number of nitrogens with zero attached hydrogens (tertiary/aromatic N) is 1. The molecule has 128 valence electrons. The van der Waals surface area contributed by atoms with Gasteiger partial charge in [-0.1, -0.05) is 13.3 Å². The second-order valence-electron chi connectivity index (χ2n) is 7.20. The Hall–Kier alpha value is -0.810. The maximum absolute atomic E-state index is 11.8. The van der Waals surface area contributed by atoms with Crippen LogP contribution in [-0.4, -0.2) is 54.9 Å². The van der Waals surface area contributed by atoms with Crippen LogP contribution in [0.4, 0.5) is 4.79 Å². The summed E-state index contributed by atoms with van der Waals surface area (Å²) in [6, 6.07) is -0.0627. The number of aliphatic hydroxyl groups excluding tert-OH is 1. The van der Waals surface area contributed by atoms with Gasteiger partial charge in [-0.05, 0) is 70.0 Å². The second-order valence-corrected chi connectivity index (χ2v) is 7.20. The first-order valence-corrected chi connectivity index (χ1v) is 9.05. The van der Waals surface area contributed by atoms with Crippen LogP contribution in [-0.2, 0) is 0 Å². The monoisotopic (exact) mass is 311 g/mol. The predicted octanol–water partition coefficient (Wildman–Crippen LogP) is 1.96. The smallest absolute Gasteiger partial charge is 0.314 e. The summed E-state index contributed by atoms with van der Waals surface area (Å²) >= 11 is 0. The number of likely N-dealkylation sites (tertiary alicyclic amines) is 1. The normalized spacial score (nSPS) is 27.5. The van der Waals surface area contributed by atoms with Crippen molar-refractivity contribution in [2.75, 3.05) is 32.7 Å². The molecule has 22 heavy (non-hydrogen) atoms. The van der Waals surface area contributed by atoms with E-state index in [0.29, 0.717) is 12.5 Å². The van der Waals surface area contributed by atoms with Gasteiger partial charge in [-0.3, -0.25) is 0 Å². The molecule has 2 unspecified atom stereocenters. The molecule has 0 bridgehead atoms. The molecular weight excluding hydrogens is 278 g/mol. The second kappa shape index (κ2) is 9.36. The van der Waals surface area contributed by atoms with Crippen LogP contribution >= 0.6 is 0 Å². The molecule has 0 aromatic rings. The lowest BCUT2D eigenvalue weighted by atomic mass is 9.87. The number of rotatable bonds is 6. The van der Waals surface area contributed by atoms with Crippen LogP contribution in [0.25, 0.3) is 0 Å². The molecule has 1 aliphatic carbocycles. The number of amides is 2. The number of nitrogens with one attached hydrogen (secondary N) is 2. The molecule has 2 amide bonds. The highest BCUT2D eigenvalue weighted by atomic mass is 16.3. The minimum Gasteiger partial charge on any atom is -0.393 e. The fourth-order valence-electron chi connectivity index (χ4n) is 3.54. The topological polar surface area (TPSA) is 64.6 Å². The molecule has 0 radical (unpaired) electrons. The fraction of sp³-hybridized carbons (Fsp3) is 0.941. The van der Waals surface area contributed by atoms with E-state index in [1.165, 1.54) is 25.9 Å². The van der Waals surface area contributed by atoms with Gasteiger partial charge >= 0.3 is 6.03 Å². The summed E-state index contributed by atoms with van der Waals surface area (Å²) < 4.78 is 0. The van der Waals surface area contributed by atoms with Crippen LogP contribution in [0, 0.1) is 11.8 Å². The van der Waals surface area contributed by atoms with Crippen LogP contribution in [0.2, 0.25) is 0 Å². The fourth-order valence-corrected chi connectivity index (χ4v) is 3.54. The summed E-state index contributed by atoms with van der Waals surface area (Å²) in [5, 5.41) is 15.5. The van der Waals surface area contributed by atoms with E-state index >= 15 is 0 Å². The molecule has 0 spiro atoms. The highest BCUT2D eigenvalue weighted by molar-refractivity contribution is 5.73. The zero-order valence-electron chi connectivity index (χ0n) is 14.0. The maximum Gasteiger partial charge on any atom is 0.314 e. The molecule has 5 nitrogen and oxygen atoms in total. The first-order valence-electron chi connectivity index (χ1n) is 9.05. The van der Waals surface area contributed by atoms with Crippen LogP contribution in [0.3, 0.4) is 0 Å². The van der Waals surface area contributed by atoms with Gasteiger partial charge in [0.15, 0.2) is 0 Å². The zero-order chi connectivity index (χ0) is 15.8. The highest BCUT2D eigenvalue weighted by Crippen LogP contribution is 2.23. The van der Waals surface area contributed by atoms with Gasteiger partial charge in [0.25, 0.3) is 0 Å². The molecule has 1 aliphatic heterocycles. The summed E-state index contributed by atoms with van der Waals surface area (Å²) in [5.74, 6) is 1.31. The third-order valence-corrected chi connectivity index (χ3v) is 5.12. The Labute approximate surface area is 134 Å². The number of hydrogen-bond donors (Lipinski definition) is 3. The standard InChI is InChI=1S/C17H33N3O2/c1-14-6-10-20(11-7-14)9-3-8-18-17(22)19-13-15-4-2-5-16(21)12-15/h14-16,21H,2-13H2,1H3,(H2,18,19,22). The molecule has 3 N–H and O–H groups in total. The zero-order valence-corrected chi connectivity index (χ0v) is 14.0. The molecule has 0 aromatic heterocycles. The number of carbonyl (C=O) groups is 1. The van der Waals surface area contributed by atoms with Crippen molar-refractivity contribution >= 4 is 6.03 Å². The van der Waals surface area contributed by atoms with E-state index < -0.39 is 0 Å². The SMILES string of the molecule is CC1CCN(CCCNC(=O)NCC2CCCC(O)C2)CC1. The lowest BCUT2D eigenvalue weighted by Crippen LogP contribution is -2.41. The number of carbonyl (C=O) groups excluding carboxylic acids is 1. The molecule has 2 fully saturated rings. The van der Waals surface area contributed by atoms with Crippen LogP contribution in [0.15, 0.2) is 0 Å². The first-order chi connectivity index (χ1) is 10.6. The average molecular weight is 311 g/mol. The number of piperidine rings is 1. The Morgan fingerprint density at radius 2 is 1.95 bits per heavy atom. The van der Waals surface area contributed by atoms with Gasteiger partial charge in [0.1, 0.15) is 0 Å². The minimum absolute atomic E-state index is 0.0627. The van der Waals surface area contributed by atoms with E-state index in [0.717, 1.165) is 51.1 Å². The van der Waals surface area contributed by atoms with Crippen molar-refractivity contribution in [3.63, 3.8) is 0 Å². The third-order valence-electron chi connectivity index (χ3n) is 5.12. The van der Waals surface area contributed by atoms with Crippen molar-refractivity contribution in [3.8, 4) is 0 Å². The lowest BCUT2D eigenvalue weighted by molar-refractivity contribution is 0.101. The number of hydrogen-bond acceptors (Lipinski definition) is 3. The highest BCUT2D eigenvalue weighted by Gasteiger charge is 2.20. The van der Waals surface area contributed by atoms with E-state index in [1.54, 1.807) is 0 Å². The third kappa shape index (κ3) is 6.53. The van der Waals surface area contributed by atoms with E-state index in [4.69, 9.17) is 0 Å². The van der Waals surface area contributed by atoms with Crippen molar-refractivity contribution in [2.45, 2.75) is 58.0 Å². The van der Waals surface area contributed by atoms with Crippen LogP contribution in [0.1, 0.15) is 51.9 Å². The maximum atomic E-state index is 11.8. The lowest BCUT2D eigenvalue weighted by Gasteiger charge is -2.30. The number of aliphatic hydroxyl groups is 1. The largest absolute Gasteiger partial charge is 0.393 e. The van der Waals surface area contributed by atoms with Crippen molar-refractivity contribution in [1.29, 1.82) is 0 Å². The quantitative estimate of drug-likeness (QED) is 0.657. The van der Waals surface area contributed by atoms with E-state index in [9.17, 15) is 9.90 Å². The summed E-state index contributed by atoms with van der Waals surface area (Å²) in [7, 11) is 0. The Morgan fingerprint density at radius 3 is 2.68 bits per heavy atom. The molecule has 0 aromatic carbocycles. The van der Waals surface area contributed by atoms with Crippen molar-refractivity contribution in [3.05, 3.63) is 0 Å². The molecule has 1 heterocycles. The Morgan fingerprint density at radius 1 is 1.18 bits per heavy atom. The molecule has 1 saturated heterocycles. The molecular formula is C17H33N3O2. The van der Waals surface area contributed by atoms with Crippen molar-refractivity contribution in [1.82, 2.24) is 15.5 Å². The number of urea groups is 1. The van der Waals surface area contributed by atoms with Gasteiger partial charge in [-0.2, -0.15) is 0 Å². The van der Waals surface area contributed by atoms with E-state index in [-0.39, 0.29) is 12.1 Å². The first kappa shape index (κ1) is 17.5. The summed E-state index contributed by atoms with van der Waals surface area (Å²) in [5.41, 5.74) is 0. The van der Waals surface area contributed by atoms with Crippen LogP contribution < -0.4 is 10.6 Å². The van der Waals surface area contributed by atoms with Crippen molar-refractivity contribution in [2.24, 2.45) is 11.8 Å². The van der Waals surface area contributed by atoms with Gasteiger partial charge in [-0.25, -0.2) is 4.79 Å². The Bertz CT molecular complexity index is 330. The van der Waals surface area contributed by atoms with Crippen LogP contribution in [0.5, 0.6) is 0 Å².